The molecule has 128 valence electrons. The van der Waals surface area contributed by atoms with Crippen LogP contribution in [0.4, 0.5) is 0 Å². The number of unbranched alkanes of at least 4 members (excludes halogenated alkanes) is 1. The molecule has 0 aliphatic heterocycles. The average Bonchev–Trinajstić information content (AvgIpc) is 3.10. The number of amides is 1. The molecule has 3 rings (SSSR count). The fourth-order valence-electron chi connectivity index (χ4n) is 3.25. The second-order valence-electron chi connectivity index (χ2n) is 6.44. The SMILES string of the molecule is CCCCC(N)c1nc(C(=O)NC2CCCc3ccccc32)cs1. The zero-order valence-corrected chi connectivity index (χ0v) is 14.9. The molecule has 0 saturated carbocycles. The van der Waals surface area contributed by atoms with Gasteiger partial charge < -0.3 is 11.1 Å². The monoisotopic (exact) mass is 343 g/mol. The van der Waals surface area contributed by atoms with Gasteiger partial charge in [0.05, 0.1) is 12.1 Å². The van der Waals surface area contributed by atoms with Crippen molar-refractivity contribution in [3.8, 4) is 0 Å². The Kier molecular flexibility index (Phi) is 5.63. The molecular formula is C19H25N3OS. The molecule has 1 aliphatic rings. The summed E-state index contributed by atoms with van der Waals surface area (Å²) >= 11 is 1.49. The van der Waals surface area contributed by atoms with Crippen LogP contribution in [-0.2, 0) is 6.42 Å². The topological polar surface area (TPSA) is 68.0 Å². The molecule has 1 aromatic heterocycles. The first-order chi connectivity index (χ1) is 11.7. The first-order valence-electron chi connectivity index (χ1n) is 8.78. The van der Waals surface area contributed by atoms with Gasteiger partial charge in [-0.3, -0.25) is 4.79 Å². The molecule has 0 spiro atoms. The minimum absolute atomic E-state index is 0.0630. The van der Waals surface area contributed by atoms with Crippen LogP contribution in [0.2, 0.25) is 0 Å². The zero-order chi connectivity index (χ0) is 16.9. The van der Waals surface area contributed by atoms with E-state index < -0.39 is 0 Å². The van der Waals surface area contributed by atoms with Crippen molar-refractivity contribution < 1.29 is 4.79 Å². The van der Waals surface area contributed by atoms with E-state index in [1.807, 2.05) is 11.4 Å². The van der Waals surface area contributed by atoms with Gasteiger partial charge >= 0.3 is 0 Å². The molecule has 2 unspecified atom stereocenters. The van der Waals surface area contributed by atoms with Gasteiger partial charge in [0.1, 0.15) is 10.7 Å². The van der Waals surface area contributed by atoms with E-state index in [1.165, 1.54) is 22.5 Å². The summed E-state index contributed by atoms with van der Waals surface area (Å²) in [6.07, 6.45) is 6.30. The number of nitrogens with zero attached hydrogens (tertiary/aromatic N) is 1. The fourth-order valence-corrected chi connectivity index (χ4v) is 4.08. The lowest BCUT2D eigenvalue weighted by Crippen LogP contribution is -2.31. The Labute approximate surface area is 147 Å². The highest BCUT2D eigenvalue weighted by atomic mass is 32.1. The number of nitrogens with two attached hydrogens (primary N) is 1. The number of aryl methyl sites for hydroxylation is 1. The van der Waals surface area contributed by atoms with Crippen LogP contribution in [-0.4, -0.2) is 10.9 Å². The summed E-state index contributed by atoms with van der Waals surface area (Å²) in [6.45, 7) is 2.15. The van der Waals surface area contributed by atoms with Crippen LogP contribution < -0.4 is 11.1 Å². The number of benzene rings is 1. The van der Waals surface area contributed by atoms with Crippen LogP contribution in [0.1, 0.15) is 77.7 Å². The number of nitrogens with one attached hydrogen (secondary N) is 1. The molecule has 2 atom stereocenters. The Hall–Kier alpha value is -1.72. The largest absolute Gasteiger partial charge is 0.344 e. The Morgan fingerprint density at radius 3 is 3.12 bits per heavy atom. The first kappa shape index (κ1) is 17.1. The normalized spacial score (nSPS) is 18.0. The van der Waals surface area contributed by atoms with Crippen LogP contribution in [0.15, 0.2) is 29.6 Å². The molecule has 0 radical (unpaired) electrons. The van der Waals surface area contributed by atoms with Gasteiger partial charge in [-0.25, -0.2) is 4.98 Å². The van der Waals surface area contributed by atoms with Crippen molar-refractivity contribution in [2.75, 3.05) is 0 Å². The lowest BCUT2D eigenvalue weighted by molar-refractivity contribution is 0.0928. The molecule has 24 heavy (non-hydrogen) atoms. The highest BCUT2D eigenvalue weighted by Gasteiger charge is 2.23. The summed E-state index contributed by atoms with van der Waals surface area (Å²) in [5.74, 6) is -0.0955. The predicted octanol–water partition coefficient (Wildman–Crippen LogP) is 4.14. The molecular weight excluding hydrogens is 318 g/mol. The van der Waals surface area contributed by atoms with Crippen molar-refractivity contribution in [2.24, 2.45) is 5.73 Å². The van der Waals surface area contributed by atoms with Gasteiger partial charge in [-0.05, 0) is 36.8 Å². The number of carbonyl (C=O) groups is 1. The number of hydrogen-bond donors (Lipinski definition) is 2. The number of carbonyl (C=O) groups excluding carboxylic acids is 1. The van der Waals surface area contributed by atoms with Crippen LogP contribution in [0.25, 0.3) is 0 Å². The number of rotatable bonds is 6. The van der Waals surface area contributed by atoms with E-state index in [0.717, 1.165) is 43.5 Å². The van der Waals surface area contributed by atoms with Crippen LogP contribution >= 0.6 is 11.3 Å². The molecule has 0 saturated heterocycles. The molecule has 3 N–H and O–H groups in total. The van der Waals surface area contributed by atoms with Gasteiger partial charge in [0.25, 0.3) is 5.91 Å². The average molecular weight is 343 g/mol. The van der Waals surface area contributed by atoms with E-state index in [0.29, 0.717) is 5.69 Å². The maximum absolute atomic E-state index is 12.6. The standard InChI is InChI=1S/C19H25N3OS/c1-2-3-10-15(20)19-22-17(12-24-19)18(23)21-16-11-6-8-13-7-4-5-9-14(13)16/h4-5,7,9,12,15-16H,2-3,6,8,10-11,20H2,1H3,(H,21,23). The van der Waals surface area contributed by atoms with Gasteiger partial charge in [0.2, 0.25) is 0 Å². The third kappa shape index (κ3) is 3.84. The molecule has 0 bridgehead atoms. The summed E-state index contributed by atoms with van der Waals surface area (Å²) in [6, 6.07) is 8.39. The Morgan fingerprint density at radius 1 is 1.46 bits per heavy atom. The highest BCUT2D eigenvalue weighted by Crippen LogP contribution is 2.30. The molecule has 1 heterocycles. The minimum atomic E-state index is -0.0955. The van der Waals surface area contributed by atoms with Crippen LogP contribution in [0, 0.1) is 0 Å². The third-order valence-corrected chi connectivity index (χ3v) is 5.59. The molecule has 5 heteroatoms. The van der Waals surface area contributed by atoms with Crippen molar-refractivity contribution in [3.63, 3.8) is 0 Å². The predicted molar refractivity (Wildman–Crippen MR) is 98.2 cm³/mol. The minimum Gasteiger partial charge on any atom is -0.344 e. The number of hydrogen-bond acceptors (Lipinski definition) is 4. The van der Waals surface area contributed by atoms with Crippen molar-refractivity contribution in [3.05, 3.63) is 51.5 Å². The van der Waals surface area contributed by atoms with Crippen molar-refractivity contribution in [2.45, 2.75) is 57.5 Å². The molecule has 1 amide bonds. The Balaban J connectivity index is 1.67. The van der Waals surface area contributed by atoms with E-state index in [2.05, 4.69) is 35.4 Å². The summed E-state index contributed by atoms with van der Waals surface area (Å²) in [7, 11) is 0. The summed E-state index contributed by atoms with van der Waals surface area (Å²) in [5, 5.41) is 5.83. The number of aromatic nitrogens is 1. The molecule has 1 aromatic carbocycles. The smallest absolute Gasteiger partial charge is 0.271 e. The molecule has 4 nitrogen and oxygen atoms in total. The van der Waals surface area contributed by atoms with Gasteiger partial charge in [-0.2, -0.15) is 0 Å². The van der Waals surface area contributed by atoms with Crippen molar-refractivity contribution in [1.29, 1.82) is 0 Å². The lowest BCUT2D eigenvalue weighted by atomic mass is 9.88. The molecule has 0 fully saturated rings. The van der Waals surface area contributed by atoms with Crippen molar-refractivity contribution >= 4 is 17.2 Å². The first-order valence-corrected chi connectivity index (χ1v) is 9.66. The maximum atomic E-state index is 12.6. The zero-order valence-electron chi connectivity index (χ0n) is 14.1. The van der Waals surface area contributed by atoms with E-state index in [1.54, 1.807) is 0 Å². The number of thiazole rings is 1. The van der Waals surface area contributed by atoms with E-state index in [-0.39, 0.29) is 18.0 Å². The Morgan fingerprint density at radius 2 is 2.29 bits per heavy atom. The van der Waals surface area contributed by atoms with Gasteiger partial charge in [-0.15, -0.1) is 11.3 Å². The van der Waals surface area contributed by atoms with E-state index >= 15 is 0 Å². The lowest BCUT2D eigenvalue weighted by Gasteiger charge is -2.26. The molecule has 2 aromatic rings. The van der Waals surface area contributed by atoms with E-state index in [9.17, 15) is 4.79 Å². The quantitative estimate of drug-likeness (QED) is 0.828. The third-order valence-electron chi connectivity index (χ3n) is 4.62. The van der Waals surface area contributed by atoms with E-state index in [4.69, 9.17) is 5.73 Å². The summed E-state index contributed by atoms with van der Waals surface area (Å²) in [4.78, 5) is 17.0. The van der Waals surface area contributed by atoms with Gasteiger partial charge in [0, 0.05) is 5.38 Å². The maximum Gasteiger partial charge on any atom is 0.271 e. The highest BCUT2D eigenvalue weighted by molar-refractivity contribution is 7.09. The number of fused-ring (bicyclic) bond motifs is 1. The van der Waals surface area contributed by atoms with Crippen LogP contribution in [0.3, 0.4) is 0 Å². The fraction of sp³-hybridized carbons (Fsp3) is 0.474. The van der Waals surface area contributed by atoms with Crippen molar-refractivity contribution in [1.82, 2.24) is 10.3 Å². The second kappa shape index (κ2) is 7.90. The molecule has 1 aliphatic carbocycles. The van der Waals surface area contributed by atoms with Crippen LogP contribution in [0.5, 0.6) is 0 Å². The van der Waals surface area contributed by atoms with Gasteiger partial charge in [-0.1, -0.05) is 44.0 Å². The Bertz CT molecular complexity index is 697. The summed E-state index contributed by atoms with van der Waals surface area (Å²) < 4.78 is 0. The second-order valence-corrected chi connectivity index (χ2v) is 7.33. The van der Waals surface area contributed by atoms with Gasteiger partial charge in [0.15, 0.2) is 0 Å². The summed E-state index contributed by atoms with van der Waals surface area (Å²) in [5.41, 5.74) is 9.23.